The standard InChI is InChI=1S/C14H10F5NO4S2/c1-20-13(6-2-3-25-5-6)7(4-23-20)26(21,22)24-14-11(18)9(16)8(15)10(17)12(14)19/h2-3,5,7,13H,4H2,1H3. The third-order valence-corrected chi connectivity index (χ3v) is 6.05. The molecule has 1 aliphatic rings. The minimum atomic E-state index is -4.81. The fraction of sp³-hybridized carbons (Fsp3) is 0.286. The molecule has 12 heteroatoms. The summed E-state index contributed by atoms with van der Waals surface area (Å²) in [5.74, 6) is -13.6. The molecule has 142 valence electrons. The maximum Gasteiger partial charge on any atom is 0.316 e. The minimum Gasteiger partial charge on any atom is -0.376 e. The first kappa shape index (κ1) is 19.0. The second kappa shape index (κ2) is 6.76. The third kappa shape index (κ3) is 3.06. The van der Waals surface area contributed by atoms with Gasteiger partial charge in [-0.2, -0.15) is 33.6 Å². The number of rotatable bonds is 4. The number of hydrogen-bond donors (Lipinski definition) is 0. The Morgan fingerprint density at radius 3 is 2.23 bits per heavy atom. The van der Waals surface area contributed by atoms with Crippen molar-refractivity contribution < 1.29 is 39.4 Å². The van der Waals surface area contributed by atoms with Crippen molar-refractivity contribution in [3.8, 4) is 5.75 Å². The van der Waals surface area contributed by atoms with E-state index in [4.69, 9.17) is 4.84 Å². The van der Waals surface area contributed by atoms with Crippen molar-refractivity contribution in [1.82, 2.24) is 5.06 Å². The lowest BCUT2D eigenvalue weighted by Crippen LogP contribution is -2.34. The molecule has 1 fully saturated rings. The van der Waals surface area contributed by atoms with Gasteiger partial charge in [0.25, 0.3) is 0 Å². The highest BCUT2D eigenvalue weighted by Crippen LogP contribution is 2.37. The summed E-state index contributed by atoms with van der Waals surface area (Å²) in [5.41, 5.74) is 0.532. The lowest BCUT2D eigenvalue weighted by molar-refractivity contribution is -0.110. The number of halogens is 5. The van der Waals surface area contributed by atoms with E-state index in [2.05, 4.69) is 4.18 Å². The van der Waals surface area contributed by atoms with Crippen molar-refractivity contribution in [2.75, 3.05) is 13.7 Å². The summed E-state index contributed by atoms with van der Waals surface area (Å²) in [6.07, 6.45) is 0. The van der Waals surface area contributed by atoms with Crippen molar-refractivity contribution in [3.63, 3.8) is 0 Å². The molecular weight excluding hydrogens is 405 g/mol. The van der Waals surface area contributed by atoms with Crippen LogP contribution in [-0.4, -0.2) is 32.4 Å². The molecule has 0 saturated carbocycles. The van der Waals surface area contributed by atoms with E-state index in [9.17, 15) is 30.4 Å². The Labute approximate surface area is 148 Å². The molecule has 0 bridgehead atoms. The maximum atomic E-state index is 13.7. The first-order valence-corrected chi connectivity index (χ1v) is 9.39. The summed E-state index contributed by atoms with van der Waals surface area (Å²) in [7, 11) is -3.37. The lowest BCUT2D eigenvalue weighted by atomic mass is 10.1. The van der Waals surface area contributed by atoms with Crippen LogP contribution in [0.15, 0.2) is 16.8 Å². The zero-order chi connectivity index (χ0) is 19.2. The largest absolute Gasteiger partial charge is 0.376 e. The van der Waals surface area contributed by atoms with Crippen LogP contribution in [-0.2, 0) is 15.0 Å². The van der Waals surface area contributed by atoms with E-state index in [1.165, 1.54) is 23.4 Å². The number of nitrogens with zero attached hydrogens (tertiary/aromatic N) is 1. The number of hydroxylamine groups is 2. The van der Waals surface area contributed by atoms with Gasteiger partial charge >= 0.3 is 10.1 Å². The smallest absolute Gasteiger partial charge is 0.316 e. The summed E-state index contributed by atoms with van der Waals surface area (Å²) in [6, 6.07) is 0.731. The first-order valence-electron chi connectivity index (χ1n) is 6.97. The quantitative estimate of drug-likeness (QED) is 0.332. The molecule has 2 aromatic rings. The van der Waals surface area contributed by atoms with Crippen LogP contribution >= 0.6 is 11.3 Å². The Bertz CT molecular complexity index is 906. The topological polar surface area (TPSA) is 55.8 Å². The molecule has 2 unspecified atom stereocenters. The normalized spacial score (nSPS) is 21.3. The van der Waals surface area contributed by atoms with E-state index in [0.29, 0.717) is 5.56 Å². The van der Waals surface area contributed by atoms with E-state index in [0.717, 1.165) is 0 Å². The van der Waals surface area contributed by atoms with Gasteiger partial charge in [-0.1, -0.05) is 0 Å². The van der Waals surface area contributed by atoms with Crippen LogP contribution in [0.2, 0.25) is 0 Å². The molecule has 2 atom stereocenters. The van der Waals surface area contributed by atoms with E-state index < -0.39 is 62.9 Å². The van der Waals surface area contributed by atoms with Gasteiger partial charge in [-0.15, -0.1) is 0 Å². The molecule has 1 aromatic heterocycles. The molecule has 0 radical (unpaired) electrons. The van der Waals surface area contributed by atoms with Gasteiger partial charge in [0.15, 0.2) is 0 Å². The number of thiophene rings is 1. The maximum absolute atomic E-state index is 13.7. The minimum absolute atomic E-state index is 0.422. The average molecular weight is 415 g/mol. The monoisotopic (exact) mass is 415 g/mol. The van der Waals surface area contributed by atoms with E-state index in [1.54, 1.807) is 16.8 Å². The third-order valence-electron chi connectivity index (χ3n) is 3.81. The zero-order valence-corrected chi connectivity index (χ0v) is 14.5. The van der Waals surface area contributed by atoms with Gasteiger partial charge in [-0.3, -0.25) is 4.84 Å². The van der Waals surface area contributed by atoms with Crippen molar-refractivity contribution >= 4 is 21.5 Å². The molecule has 1 aliphatic heterocycles. The molecule has 0 amide bonds. The summed E-state index contributed by atoms with van der Waals surface area (Å²) >= 11 is 1.28. The van der Waals surface area contributed by atoms with E-state index in [-0.39, 0.29) is 0 Å². The first-order chi connectivity index (χ1) is 12.1. The highest BCUT2D eigenvalue weighted by Gasteiger charge is 2.46. The van der Waals surface area contributed by atoms with Crippen LogP contribution in [0.25, 0.3) is 0 Å². The molecule has 1 saturated heterocycles. The molecular formula is C14H10F5NO4S2. The van der Waals surface area contributed by atoms with Gasteiger partial charge in [0.05, 0.1) is 12.6 Å². The SMILES string of the molecule is CN1OCC(S(=O)(=O)Oc2c(F)c(F)c(F)c(F)c2F)C1c1ccsc1. The number of hydrogen-bond acceptors (Lipinski definition) is 6. The Morgan fingerprint density at radius 1 is 1.12 bits per heavy atom. The predicted molar refractivity (Wildman–Crippen MR) is 80.3 cm³/mol. The lowest BCUT2D eigenvalue weighted by Gasteiger charge is -2.21. The van der Waals surface area contributed by atoms with Crippen molar-refractivity contribution in [2.45, 2.75) is 11.3 Å². The molecule has 5 nitrogen and oxygen atoms in total. The summed E-state index contributed by atoms with van der Waals surface area (Å²) in [5, 5.41) is 3.08. The Kier molecular flexibility index (Phi) is 4.94. The van der Waals surface area contributed by atoms with Gasteiger partial charge in [0.2, 0.25) is 34.8 Å². The molecule has 1 aromatic carbocycles. The number of benzene rings is 1. The van der Waals surface area contributed by atoms with E-state index >= 15 is 0 Å². The van der Waals surface area contributed by atoms with Crippen LogP contribution < -0.4 is 4.18 Å². The molecule has 0 N–H and O–H groups in total. The van der Waals surface area contributed by atoms with Crippen LogP contribution in [0, 0.1) is 29.1 Å². The van der Waals surface area contributed by atoms with Gasteiger partial charge < -0.3 is 4.18 Å². The van der Waals surface area contributed by atoms with Gasteiger partial charge in [-0.25, -0.2) is 13.2 Å². The van der Waals surface area contributed by atoms with Crippen molar-refractivity contribution in [3.05, 3.63) is 51.5 Å². The van der Waals surface area contributed by atoms with Gasteiger partial charge in [0.1, 0.15) is 5.25 Å². The summed E-state index contributed by atoms with van der Waals surface area (Å²) in [6.45, 7) is -0.422. The van der Waals surface area contributed by atoms with Crippen LogP contribution in [0.5, 0.6) is 5.75 Å². The zero-order valence-electron chi connectivity index (χ0n) is 12.9. The summed E-state index contributed by atoms with van der Waals surface area (Å²) < 4.78 is 96.3. The highest BCUT2D eigenvalue weighted by molar-refractivity contribution is 7.87. The Morgan fingerprint density at radius 2 is 1.69 bits per heavy atom. The van der Waals surface area contributed by atoms with Gasteiger partial charge in [0, 0.05) is 7.05 Å². The van der Waals surface area contributed by atoms with Crippen LogP contribution in [0.4, 0.5) is 22.0 Å². The fourth-order valence-corrected chi connectivity index (χ4v) is 4.61. The van der Waals surface area contributed by atoms with Crippen molar-refractivity contribution in [1.29, 1.82) is 0 Å². The van der Waals surface area contributed by atoms with Crippen LogP contribution in [0.3, 0.4) is 0 Å². The van der Waals surface area contributed by atoms with E-state index in [1.807, 2.05) is 0 Å². The molecule has 0 spiro atoms. The molecule has 2 heterocycles. The highest BCUT2D eigenvalue weighted by atomic mass is 32.2. The molecule has 3 rings (SSSR count). The second-order valence-electron chi connectivity index (χ2n) is 5.36. The molecule has 26 heavy (non-hydrogen) atoms. The van der Waals surface area contributed by atoms with Crippen molar-refractivity contribution in [2.24, 2.45) is 0 Å². The second-order valence-corrected chi connectivity index (χ2v) is 7.89. The molecule has 0 aliphatic carbocycles. The average Bonchev–Trinajstić information content (AvgIpc) is 3.24. The summed E-state index contributed by atoms with van der Waals surface area (Å²) in [4.78, 5) is 5.14. The fourth-order valence-electron chi connectivity index (χ4n) is 2.54. The van der Waals surface area contributed by atoms with Gasteiger partial charge in [-0.05, 0) is 22.4 Å². The predicted octanol–water partition coefficient (Wildman–Crippen LogP) is 3.14. The Balaban J connectivity index is 2.00. The Hall–Kier alpha value is -1.76. The van der Waals surface area contributed by atoms with Crippen LogP contribution in [0.1, 0.15) is 11.6 Å².